The SMILES string of the molecule is Cl.NC1CC2CCCC(C1)C2NC(=O)COc1ccc(F)cc1. The fourth-order valence-electron chi connectivity index (χ4n) is 3.93. The van der Waals surface area contributed by atoms with Gasteiger partial charge in [-0.2, -0.15) is 0 Å². The molecule has 4 nitrogen and oxygen atoms in total. The monoisotopic (exact) mass is 342 g/mol. The number of carbonyl (C=O) groups excluding carboxylic acids is 1. The molecule has 2 aliphatic rings. The average molecular weight is 343 g/mol. The van der Waals surface area contributed by atoms with Gasteiger partial charge < -0.3 is 15.8 Å². The van der Waals surface area contributed by atoms with Crippen molar-refractivity contribution in [2.45, 2.75) is 44.2 Å². The highest BCUT2D eigenvalue weighted by Gasteiger charge is 2.39. The van der Waals surface area contributed by atoms with Crippen molar-refractivity contribution in [3.63, 3.8) is 0 Å². The maximum Gasteiger partial charge on any atom is 0.258 e. The van der Waals surface area contributed by atoms with Gasteiger partial charge in [0.2, 0.25) is 0 Å². The van der Waals surface area contributed by atoms with Crippen LogP contribution in [0.2, 0.25) is 0 Å². The van der Waals surface area contributed by atoms with Crippen LogP contribution in [0.3, 0.4) is 0 Å². The Bertz CT molecular complexity index is 512. The number of benzene rings is 1. The van der Waals surface area contributed by atoms with Gasteiger partial charge in [-0.25, -0.2) is 4.39 Å². The van der Waals surface area contributed by atoms with E-state index in [4.69, 9.17) is 10.5 Å². The summed E-state index contributed by atoms with van der Waals surface area (Å²) in [7, 11) is 0. The maximum absolute atomic E-state index is 12.8. The van der Waals surface area contributed by atoms with Gasteiger partial charge in [0.05, 0.1) is 0 Å². The topological polar surface area (TPSA) is 64.3 Å². The number of nitrogens with two attached hydrogens (primary N) is 1. The fourth-order valence-corrected chi connectivity index (χ4v) is 3.93. The number of amides is 1. The summed E-state index contributed by atoms with van der Waals surface area (Å²) in [6.45, 7) is -0.0341. The van der Waals surface area contributed by atoms with Crippen molar-refractivity contribution in [3.05, 3.63) is 30.1 Å². The minimum absolute atomic E-state index is 0. The van der Waals surface area contributed by atoms with Gasteiger partial charge in [-0.05, 0) is 61.8 Å². The second kappa shape index (κ2) is 7.97. The molecule has 2 saturated carbocycles. The van der Waals surface area contributed by atoms with Crippen LogP contribution in [-0.2, 0) is 4.79 Å². The van der Waals surface area contributed by atoms with Crippen molar-refractivity contribution in [2.24, 2.45) is 17.6 Å². The molecule has 0 radical (unpaired) electrons. The van der Waals surface area contributed by atoms with Crippen LogP contribution in [-0.4, -0.2) is 24.6 Å². The van der Waals surface area contributed by atoms with Crippen molar-refractivity contribution in [1.82, 2.24) is 5.32 Å². The second-order valence-corrected chi connectivity index (χ2v) is 6.52. The number of carbonyl (C=O) groups is 1. The Morgan fingerprint density at radius 2 is 1.83 bits per heavy atom. The second-order valence-electron chi connectivity index (χ2n) is 6.52. The molecule has 3 rings (SSSR count). The fraction of sp³-hybridized carbons (Fsp3) is 0.588. The molecule has 23 heavy (non-hydrogen) atoms. The molecule has 0 heterocycles. The van der Waals surface area contributed by atoms with Crippen LogP contribution in [0.15, 0.2) is 24.3 Å². The van der Waals surface area contributed by atoms with Gasteiger partial charge in [0.25, 0.3) is 5.91 Å². The highest BCUT2D eigenvalue weighted by Crippen LogP contribution is 2.39. The highest BCUT2D eigenvalue weighted by molar-refractivity contribution is 5.85. The minimum atomic E-state index is -0.317. The zero-order valence-corrected chi connectivity index (χ0v) is 13.9. The smallest absolute Gasteiger partial charge is 0.258 e. The first-order valence-electron chi connectivity index (χ1n) is 8.05. The van der Waals surface area contributed by atoms with Crippen LogP contribution >= 0.6 is 12.4 Å². The van der Waals surface area contributed by atoms with E-state index >= 15 is 0 Å². The predicted octanol–water partition coefficient (Wildman–Crippen LogP) is 2.65. The van der Waals surface area contributed by atoms with E-state index in [1.165, 1.54) is 30.7 Å². The maximum atomic E-state index is 12.8. The predicted molar refractivity (Wildman–Crippen MR) is 89.1 cm³/mol. The molecule has 0 spiro atoms. The van der Waals surface area contributed by atoms with Crippen molar-refractivity contribution in [1.29, 1.82) is 0 Å². The molecule has 128 valence electrons. The largest absolute Gasteiger partial charge is 0.484 e. The van der Waals surface area contributed by atoms with E-state index < -0.39 is 0 Å². The zero-order valence-electron chi connectivity index (χ0n) is 13.0. The molecular weight excluding hydrogens is 319 g/mol. The van der Waals surface area contributed by atoms with Gasteiger partial charge in [0.15, 0.2) is 6.61 Å². The van der Waals surface area contributed by atoms with E-state index in [9.17, 15) is 9.18 Å². The molecule has 0 saturated heterocycles. The number of nitrogens with one attached hydrogen (secondary N) is 1. The van der Waals surface area contributed by atoms with Gasteiger partial charge in [-0.15, -0.1) is 12.4 Å². The van der Waals surface area contributed by atoms with Gasteiger partial charge >= 0.3 is 0 Å². The van der Waals surface area contributed by atoms with E-state index in [0.29, 0.717) is 17.6 Å². The summed E-state index contributed by atoms with van der Waals surface area (Å²) in [4.78, 5) is 12.1. The first kappa shape index (κ1) is 18.0. The number of hydrogen-bond donors (Lipinski definition) is 2. The van der Waals surface area contributed by atoms with Crippen molar-refractivity contribution < 1.29 is 13.9 Å². The summed E-state index contributed by atoms with van der Waals surface area (Å²) in [6.07, 6.45) is 5.53. The molecule has 2 fully saturated rings. The Morgan fingerprint density at radius 1 is 1.22 bits per heavy atom. The molecule has 1 aromatic rings. The molecule has 6 heteroatoms. The molecule has 2 atom stereocenters. The van der Waals surface area contributed by atoms with E-state index in [1.807, 2.05) is 0 Å². The first-order valence-corrected chi connectivity index (χ1v) is 8.05. The third-order valence-corrected chi connectivity index (χ3v) is 4.89. The third-order valence-electron chi connectivity index (χ3n) is 4.89. The summed E-state index contributed by atoms with van der Waals surface area (Å²) in [5.74, 6) is 1.07. The first-order chi connectivity index (χ1) is 10.6. The van der Waals surface area contributed by atoms with Crippen LogP contribution in [0.4, 0.5) is 4.39 Å². The number of halogens is 2. The lowest BCUT2D eigenvalue weighted by Crippen LogP contribution is -2.54. The molecule has 3 N–H and O–H groups in total. The number of fused-ring (bicyclic) bond motifs is 2. The van der Waals surface area contributed by atoms with Gasteiger partial charge in [0.1, 0.15) is 11.6 Å². The Morgan fingerprint density at radius 3 is 2.43 bits per heavy atom. The Labute approximate surface area is 142 Å². The number of ether oxygens (including phenoxy) is 1. The van der Waals surface area contributed by atoms with Crippen LogP contribution in [0, 0.1) is 17.7 Å². The average Bonchev–Trinajstić information content (AvgIpc) is 2.48. The third kappa shape index (κ3) is 4.58. The molecule has 1 amide bonds. The lowest BCUT2D eigenvalue weighted by molar-refractivity contribution is -0.125. The van der Waals surface area contributed by atoms with E-state index in [-0.39, 0.29) is 42.8 Å². The van der Waals surface area contributed by atoms with Crippen molar-refractivity contribution >= 4 is 18.3 Å². The normalized spacial score (nSPS) is 29.3. The summed E-state index contributed by atoms with van der Waals surface area (Å²) in [6, 6.07) is 6.20. The number of rotatable bonds is 4. The van der Waals surface area contributed by atoms with Crippen molar-refractivity contribution in [3.8, 4) is 5.75 Å². The Kier molecular flexibility index (Phi) is 6.25. The molecule has 0 aliphatic heterocycles. The minimum Gasteiger partial charge on any atom is -0.484 e. The Hall–Kier alpha value is -1.33. The van der Waals surface area contributed by atoms with Crippen LogP contribution in [0.25, 0.3) is 0 Å². The Balaban J connectivity index is 0.00000192. The molecule has 0 aromatic heterocycles. The quantitative estimate of drug-likeness (QED) is 0.884. The molecule has 1 aromatic carbocycles. The van der Waals surface area contributed by atoms with E-state index in [2.05, 4.69) is 5.32 Å². The van der Waals surface area contributed by atoms with Crippen LogP contribution in [0.5, 0.6) is 5.75 Å². The summed E-state index contributed by atoms with van der Waals surface area (Å²) in [5.41, 5.74) is 6.10. The lowest BCUT2D eigenvalue weighted by atomic mass is 9.67. The lowest BCUT2D eigenvalue weighted by Gasteiger charge is -2.45. The molecular formula is C17H24ClFN2O2. The zero-order chi connectivity index (χ0) is 15.5. The van der Waals surface area contributed by atoms with Gasteiger partial charge in [-0.3, -0.25) is 4.79 Å². The van der Waals surface area contributed by atoms with Crippen molar-refractivity contribution in [2.75, 3.05) is 6.61 Å². The summed E-state index contributed by atoms with van der Waals surface area (Å²) in [5, 5.41) is 3.13. The standard InChI is InChI=1S/C17H23FN2O2.ClH/c18-13-4-6-15(7-5-13)22-10-16(21)20-17-11-2-1-3-12(17)9-14(19)8-11;/h4-7,11-12,14,17H,1-3,8-10,19H2,(H,20,21);1H. The van der Waals surface area contributed by atoms with Crippen LogP contribution in [0.1, 0.15) is 32.1 Å². The highest BCUT2D eigenvalue weighted by atomic mass is 35.5. The van der Waals surface area contributed by atoms with Gasteiger partial charge in [-0.1, -0.05) is 6.42 Å². The molecule has 2 aliphatic carbocycles. The van der Waals surface area contributed by atoms with E-state index in [0.717, 1.165) is 25.7 Å². The molecule has 2 bridgehead atoms. The molecule has 2 unspecified atom stereocenters. The number of hydrogen-bond acceptors (Lipinski definition) is 3. The summed E-state index contributed by atoms with van der Waals surface area (Å²) >= 11 is 0. The van der Waals surface area contributed by atoms with Crippen LogP contribution < -0.4 is 15.8 Å². The summed E-state index contributed by atoms with van der Waals surface area (Å²) < 4.78 is 18.2. The van der Waals surface area contributed by atoms with Gasteiger partial charge in [0, 0.05) is 12.1 Å². The van der Waals surface area contributed by atoms with E-state index in [1.54, 1.807) is 0 Å².